The molecule has 4 rings (SSSR count). The van der Waals surface area contributed by atoms with Gasteiger partial charge < -0.3 is 18.9 Å². The van der Waals surface area contributed by atoms with Crippen LogP contribution in [0.3, 0.4) is 0 Å². The highest BCUT2D eigenvalue weighted by Gasteiger charge is 2.14. The zero-order chi connectivity index (χ0) is 24.8. The van der Waals surface area contributed by atoms with Gasteiger partial charge in [0.15, 0.2) is 23.0 Å². The Hall–Kier alpha value is -2.69. The van der Waals surface area contributed by atoms with Crippen molar-refractivity contribution in [3.8, 4) is 23.0 Å². The smallest absolute Gasteiger partial charge is 0.244 e. The van der Waals surface area contributed by atoms with E-state index in [9.17, 15) is 4.79 Å². The minimum absolute atomic E-state index is 0.162. The summed E-state index contributed by atoms with van der Waals surface area (Å²) in [5, 5.41) is 5.17. The monoisotopic (exact) mass is 626 g/mol. The lowest BCUT2D eigenvalue weighted by Gasteiger charge is -2.18. The largest absolute Gasteiger partial charge is 0.493 e. The predicted molar refractivity (Wildman–Crippen MR) is 143 cm³/mol. The minimum atomic E-state index is -0.251. The maximum Gasteiger partial charge on any atom is 0.244 e. The number of hydrazone groups is 1. The fraction of sp³-hybridized carbons (Fsp3) is 0.200. The van der Waals surface area contributed by atoms with E-state index >= 15 is 0 Å². The van der Waals surface area contributed by atoms with Crippen LogP contribution in [0, 0.1) is 3.57 Å². The van der Waals surface area contributed by atoms with Gasteiger partial charge in [0.2, 0.25) is 5.91 Å². The maximum atomic E-state index is 12.3. The number of halogens is 3. The van der Waals surface area contributed by atoms with Gasteiger partial charge in [-0.3, -0.25) is 4.79 Å². The van der Waals surface area contributed by atoms with Crippen LogP contribution in [0.25, 0.3) is 0 Å². The number of benzene rings is 3. The van der Waals surface area contributed by atoms with Crippen molar-refractivity contribution in [2.45, 2.75) is 13.0 Å². The van der Waals surface area contributed by atoms with Gasteiger partial charge in [-0.1, -0.05) is 35.3 Å². The molecule has 0 saturated carbocycles. The zero-order valence-corrected chi connectivity index (χ0v) is 22.3. The molecule has 1 aliphatic rings. The number of nitrogens with zero attached hydrogens (tertiary/aromatic N) is 1. The van der Waals surface area contributed by atoms with Gasteiger partial charge in [-0.05, 0) is 70.1 Å². The molecule has 0 fully saturated rings. The summed E-state index contributed by atoms with van der Waals surface area (Å²) in [4.78, 5) is 12.3. The summed E-state index contributed by atoms with van der Waals surface area (Å²) in [6.45, 7) is 1.27. The summed E-state index contributed by atoms with van der Waals surface area (Å²) in [5.41, 5.74) is 4.90. The molecule has 182 valence electrons. The normalized spacial score (nSPS) is 12.5. The second kappa shape index (κ2) is 11.8. The van der Waals surface area contributed by atoms with E-state index < -0.39 is 0 Å². The highest BCUT2D eigenvalue weighted by molar-refractivity contribution is 14.1. The lowest BCUT2D eigenvalue weighted by atomic mass is 10.1. The Kier molecular flexibility index (Phi) is 8.59. The number of fused-ring (bicyclic) bond motifs is 1. The van der Waals surface area contributed by atoms with Gasteiger partial charge in [-0.25, -0.2) is 5.43 Å². The lowest BCUT2D eigenvalue weighted by Crippen LogP contribution is -2.20. The van der Waals surface area contributed by atoms with Gasteiger partial charge in [0, 0.05) is 15.6 Å². The van der Waals surface area contributed by atoms with Crippen molar-refractivity contribution < 1.29 is 23.7 Å². The number of carbonyl (C=O) groups is 1. The molecule has 0 atom stereocenters. The summed E-state index contributed by atoms with van der Waals surface area (Å²) < 4.78 is 23.4. The first kappa shape index (κ1) is 25.4. The average molecular weight is 627 g/mol. The molecule has 0 bridgehead atoms. The van der Waals surface area contributed by atoms with Crippen molar-refractivity contribution in [2.24, 2.45) is 5.10 Å². The van der Waals surface area contributed by atoms with E-state index in [0.29, 0.717) is 46.3 Å². The van der Waals surface area contributed by atoms with Gasteiger partial charge in [0.05, 0.1) is 23.3 Å². The van der Waals surface area contributed by atoms with Gasteiger partial charge in [0.25, 0.3) is 0 Å². The first-order chi connectivity index (χ1) is 16.9. The third-order valence-electron chi connectivity index (χ3n) is 5.01. The number of methoxy groups -OCH3 is 1. The van der Waals surface area contributed by atoms with E-state index in [-0.39, 0.29) is 18.9 Å². The second-order valence-electron chi connectivity index (χ2n) is 7.51. The molecule has 1 amide bonds. The second-order valence-corrected chi connectivity index (χ2v) is 9.51. The molecular formula is C25H21Cl2IN2O5. The fourth-order valence-corrected chi connectivity index (χ4v) is 4.59. The van der Waals surface area contributed by atoms with E-state index in [0.717, 1.165) is 20.3 Å². The Morgan fingerprint density at radius 2 is 1.91 bits per heavy atom. The minimum Gasteiger partial charge on any atom is -0.493 e. The van der Waals surface area contributed by atoms with E-state index in [1.165, 1.54) is 0 Å². The first-order valence-corrected chi connectivity index (χ1v) is 12.4. The molecule has 1 N–H and O–H groups in total. The standard InChI is InChI=1S/C25H21Cl2IN2O5/c1-32-23-10-16(8-20(28)25(23)35-14-17-3-4-18(26)12-19(17)27)13-29-30-24(31)11-15-2-5-21-22(9-15)34-7-6-33-21/h2-5,8-10,12-13H,6-7,11,14H2,1H3,(H,30,31)/b29-13+. The number of rotatable bonds is 8. The summed E-state index contributed by atoms with van der Waals surface area (Å²) in [7, 11) is 1.56. The molecule has 3 aromatic carbocycles. The molecule has 0 unspecified atom stereocenters. The number of hydrogen-bond donors (Lipinski definition) is 1. The molecule has 0 saturated heterocycles. The topological polar surface area (TPSA) is 78.4 Å². The average Bonchev–Trinajstić information content (AvgIpc) is 2.84. The highest BCUT2D eigenvalue weighted by Crippen LogP contribution is 2.35. The molecule has 0 spiro atoms. The molecule has 3 aromatic rings. The van der Waals surface area contributed by atoms with Crippen molar-refractivity contribution in [1.29, 1.82) is 0 Å². The van der Waals surface area contributed by atoms with Gasteiger partial charge in [-0.15, -0.1) is 0 Å². The molecular weight excluding hydrogens is 606 g/mol. The van der Waals surface area contributed by atoms with E-state index in [1.807, 2.05) is 18.2 Å². The van der Waals surface area contributed by atoms with Crippen molar-refractivity contribution in [1.82, 2.24) is 5.43 Å². The molecule has 1 aliphatic heterocycles. The third kappa shape index (κ3) is 6.71. The van der Waals surface area contributed by atoms with Crippen LogP contribution in [0.15, 0.2) is 53.6 Å². The van der Waals surface area contributed by atoms with Gasteiger partial charge >= 0.3 is 0 Å². The summed E-state index contributed by atoms with van der Waals surface area (Å²) in [5.74, 6) is 2.20. The predicted octanol–water partition coefficient (Wildman–Crippen LogP) is 5.65. The van der Waals surface area contributed by atoms with Crippen molar-refractivity contribution in [3.63, 3.8) is 0 Å². The SMILES string of the molecule is COc1cc(/C=N/NC(=O)Cc2ccc3c(c2)OCCO3)cc(I)c1OCc1ccc(Cl)cc1Cl. The Morgan fingerprint density at radius 3 is 2.69 bits per heavy atom. The summed E-state index contributed by atoms with van der Waals surface area (Å²) in [6.07, 6.45) is 1.71. The summed E-state index contributed by atoms with van der Waals surface area (Å²) in [6, 6.07) is 14.3. The molecule has 0 aromatic heterocycles. The van der Waals surface area contributed by atoms with Crippen LogP contribution in [0.1, 0.15) is 16.7 Å². The Balaban J connectivity index is 1.37. The van der Waals surface area contributed by atoms with Gasteiger partial charge in [0.1, 0.15) is 19.8 Å². The quantitative estimate of drug-likeness (QED) is 0.199. The fourth-order valence-electron chi connectivity index (χ4n) is 3.34. The number of ether oxygens (including phenoxy) is 4. The Morgan fingerprint density at radius 1 is 1.11 bits per heavy atom. The number of amides is 1. The van der Waals surface area contributed by atoms with Crippen LogP contribution in [-0.2, 0) is 17.8 Å². The molecule has 0 radical (unpaired) electrons. The van der Waals surface area contributed by atoms with Crippen LogP contribution >= 0.6 is 45.8 Å². The lowest BCUT2D eigenvalue weighted by molar-refractivity contribution is -0.120. The Labute approximate surface area is 226 Å². The van der Waals surface area contributed by atoms with Crippen LogP contribution in [0.4, 0.5) is 0 Å². The third-order valence-corrected chi connectivity index (χ3v) is 6.40. The molecule has 1 heterocycles. The first-order valence-electron chi connectivity index (χ1n) is 10.6. The number of hydrogen-bond acceptors (Lipinski definition) is 6. The maximum absolute atomic E-state index is 12.3. The van der Waals surface area contributed by atoms with Crippen LogP contribution in [-0.4, -0.2) is 32.4 Å². The van der Waals surface area contributed by atoms with Crippen LogP contribution in [0.5, 0.6) is 23.0 Å². The van der Waals surface area contributed by atoms with Crippen LogP contribution < -0.4 is 24.4 Å². The Bertz CT molecular complexity index is 1270. The number of carbonyl (C=O) groups excluding carboxylic acids is 1. The van der Waals surface area contributed by atoms with E-state index in [2.05, 4.69) is 33.1 Å². The van der Waals surface area contributed by atoms with Gasteiger partial charge in [-0.2, -0.15) is 5.10 Å². The van der Waals surface area contributed by atoms with E-state index in [1.54, 1.807) is 43.7 Å². The van der Waals surface area contributed by atoms with Crippen LogP contribution in [0.2, 0.25) is 10.0 Å². The molecule has 0 aliphatic carbocycles. The molecule has 35 heavy (non-hydrogen) atoms. The van der Waals surface area contributed by atoms with E-state index in [4.69, 9.17) is 42.1 Å². The molecule has 7 nitrogen and oxygen atoms in total. The molecule has 10 heteroatoms. The van der Waals surface area contributed by atoms with Crippen molar-refractivity contribution in [2.75, 3.05) is 20.3 Å². The number of nitrogens with one attached hydrogen (secondary N) is 1. The summed E-state index contributed by atoms with van der Waals surface area (Å²) >= 11 is 14.4. The van der Waals surface area contributed by atoms with Crippen molar-refractivity contribution >= 4 is 57.9 Å². The zero-order valence-electron chi connectivity index (χ0n) is 18.6. The highest BCUT2D eigenvalue weighted by atomic mass is 127. The van der Waals surface area contributed by atoms with Crippen molar-refractivity contribution in [3.05, 3.63) is 78.8 Å².